The first kappa shape index (κ1) is 19.1. The molecule has 1 amide bonds. The topological polar surface area (TPSA) is 79.6 Å². The van der Waals surface area contributed by atoms with E-state index in [1.807, 2.05) is 21.7 Å². The zero-order chi connectivity index (χ0) is 21.1. The molecule has 4 aliphatic rings. The Bertz CT molecular complexity index is 1050. The lowest BCUT2D eigenvalue weighted by atomic mass is 9.97. The number of hydrogen-bond donors (Lipinski definition) is 2. The van der Waals surface area contributed by atoms with Gasteiger partial charge in [0.25, 0.3) is 0 Å². The third kappa shape index (κ3) is 3.36. The maximum absolute atomic E-state index is 12.5. The fourth-order valence-corrected chi connectivity index (χ4v) is 4.99. The Morgan fingerprint density at radius 2 is 2.10 bits per heavy atom. The third-order valence-electron chi connectivity index (χ3n) is 6.89. The normalized spacial score (nSPS) is 25.1. The molecule has 2 fully saturated rings. The quantitative estimate of drug-likeness (QED) is 0.727. The van der Waals surface area contributed by atoms with Gasteiger partial charge in [-0.3, -0.25) is 4.79 Å². The molecular weight excluding hydrogens is 392 g/mol. The van der Waals surface area contributed by atoms with Crippen LogP contribution in [-0.2, 0) is 16.0 Å². The highest BCUT2D eigenvalue weighted by Gasteiger charge is 2.40. The van der Waals surface area contributed by atoms with Crippen molar-refractivity contribution in [1.82, 2.24) is 20.0 Å². The zero-order valence-electron chi connectivity index (χ0n) is 17.6. The summed E-state index contributed by atoms with van der Waals surface area (Å²) in [4.78, 5) is 14.3. The monoisotopic (exact) mass is 420 g/mol. The molecule has 0 spiro atoms. The maximum Gasteiger partial charge on any atom is 0.246 e. The predicted octanol–water partition coefficient (Wildman–Crippen LogP) is 2.89. The van der Waals surface area contributed by atoms with Gasteiger partial charge in [0.05, 0.1) is 30.1 Å². The Morgan fingerprint density at radius 1 is 1.26 bits per heavy atom. The van der Waals surface area contributed by atoms with Crippen LogP contribution in [-0.4, -0.2) is 51.4 Å². The predicted molar refractivity (Wildman–Crippen MR) is 115 cm³/mol. The van der Waals surface area contributed by atoms with Gasteiger partial charge in [-0.25, -0.2) is 4.68 Å². The summed E-state index contributed by atoms with van der Waals surface area (Å²) in [7, 11) is 0. The van der Waals surface area contributed by atoms with Crippen LogP contribution >= 0.6 is 0 Å². The molecule has 0 bridgehead atoms. The number of phenols is 1. The summed E-state index contributed by atoms with van der Waals surface area (Å²) < 4.78 is 8.26. The van der Waals surface area contributed by atoms with Gasteiger partial charge < -0.3 is 20.1 Å². The van der Waals surface area contributed by atoms with Crippen molar-refractivity contribution in [2.45, 2.75) is 56.3 Å². The van der Waals surface area contributed by atoms with Crippen molar-refractivity contribution in [3.05, 3.63) is 53.4 Å². The number of hydrogen-bond acceptors (Lipinski definition) is 5. The molecule has 2 atom stereocenters. The second kappa shape index (κ2) is 7.21. The molecule has 162 valence electrons. The van der Waals surface area contributed by atoms with Gasteiger partial charge in [-0.05, 0) is 55.4 Å². The Labute approximate surface area is 181 Å². The van der Waals surface area contributed by atoms with E-state index in [1.165, 1.54) is 24.5 Å². The molecule has 6 rings (SSSR count). The first-order valence-corrected chi connectivity index (χ1v) is 11.4. The Balaban J connectivity index is 1.44. The number of amides is 1. The lowest BCUT2D eigenvalue weighted by Gasteiger charge is -2.29. The highest BCUT2D eigenvalue weighted by Crippen LogP contribution is 2.43. The van der Waals surface area contributed by atoms with Crippen LogP contribution in [0.3, 0.4) is 0 Å². The van der Waals surface area contributed by atoms with E-state index in [0.717, 1.165) is 48.4 Å². The van der Waals surface area contributed by atoms with E-state index in [1.54, 1.807) is 0 Å². The summed E-state index contributed by atoms with van der Waals surface area (Å²) in [5.74, 6) is 0.784. The van der Waals surface area contributed by atoms with Gasteiger partial charge in [-0.2, -0.15) is 5.10 Å². The average molecular weight is 421 g/mol. The number of ether oxygens (including phenoxy) is 1. The Morgan fingerprint density at radius 3 is 2.81 bits per heavy atom. The third-order valence-corrected chi connectivity index (χ3v) is 6.89. The summed E-state index contributed by atoms with van der Waals surface area (Å²) in [6, 6.07) is 6.01. The lowest BCUT2D eigenvalue weighted by Crippen LogP contribution is -2.41. The molecule has 7 nitrogen and oxygen atoms in total. The van der Waals surface area contributed by atoms with Gasteiger partial charge in [0.2, 0.25) is 5.91 Å². The van der Waals surface area contributed by atoms with Gasteiger partial charge in [0.15, 0.2) is 0 Å². The molecule has 0 radical (unpaired) electrons. The molecule has 0 saturated heterocycles. The SMILES string of the molecule is C=CC(=O)N1CC2NCCc3c2c(nn3-c2ccc(C3CC3)cc2O)C(OC2CC2)C1. The highest BCUT2D eigenvalue weighted by molar-refractivity contribution is 5.87. The van der Waals surface area contributed by atoms with Crippen LogP contribution in [0.25, 0.3) is 5.69 Å². The van der Waals surface area contributed by atoms with E-state index in [4.69, 9.17) is 9.84 Å². The Kier molecular flexibility index (Phi) is 4.43. The molecule has 3 heterocycles. The van der Waals surface area contributed by atoms with Crippen molar-refractivity contribution in [3.8, 4) is 11.4 Å². The fourth-order valence-electron chi connectivity index (χ4n) is 4.99. The molecule has 1 aromatic heterocycles. The van der Waals surface area contributed by atoms with E-state index >= 15 is 0 Å². The minimum Gasteiger partial charge on any atom is -0.506 e. The number of aromatic hydroxyl groups is 1. The van der Waals surface area contributed by atoms with E-state index in [2.05, 4.69) is 18.0 Å². The molecule has 2 aliphatic heterocycles. The number of benzene rings is 1. The van der Waals surface area contributed by atoms with E-state index < -0.39 is 0 Å². The maximum atomic E-state index is 12.5. The van der Waals surface area contributed by atoms with Crippen LogP contribution in [0.1, 0.15) is 66.3 Å². The van der Waals surface area contributed by atoms with E-state index in [0.29, 0.717) is 19.0 Å². The van der Waals surface area contributed by atoms with Crippen molar-refractivity contribution in [2.75, 3.05) is 19.6 Å². The minimum atomic E-state index is -0.274. The van der Waals surface area contributed by atoms with Crippen LogP contribution in [0.15, 0.2) is 30.9 Å². The van der Waals surface area contributed by atoms with Crippen molar-refractivity contribution in [1.29, 1.82) is 0 Å². The van der Waals surface area contributed by atoms with Crippen LogP contribution in [0.5, 0.6) is 5.75 Å². The van der Waals surface area contributed by atoms with Crippen LogP contribution in [0, 0.1) is 0 Å². The van der Waals surface area contributed by atoms with E-state index in [9.17, 15) is 9.90 Å². The number of nitrogens with zero attached hydrogens (tertiary/aromatic N) is 3. The average Bonchev–Trinajstić information content (AvgIpc) is 3.69. The second-order valence-electron chi connectivity index (χ2n) is 9.21. The van der Waals surface area contributed by atoms with Gasteiger partial charge in [-0.1, -0.05) is 12.6 Å². The summed E-state index contributed by atoms with van der Waals surface area (Å²) in [5, 5.41) is 19.4. The standard InChI is InChI=1S/C24H28N4O3/c1-2-22(30)27-12-17-23-19(9-10-25-17)28(26-24(23)21(13-27)31-16-6-7-16)18-8-5-15(11-20(18)29)14-3-4-14/h2,5,8,11,14,16-17,21,25,29H,1,3-4,6-7,9-10,12-13H2. The largest absolute Gasteiger partial charge is 0.506 e. The molecule has 2 aromatic rings. The van der Waals surface area contributed by atoms with E-state index in [-0.39, 0.29) is 29.9 Å². The number of aromatic nitrogens is 2. The number of rotatable bonds is 5. The summed E-state index contributed by atoms with van der Waals surface area (Å²) >= 11 is 0. The summed E-state index contributed by atoms with van der Waals surface area (Å²) in [5.41, 5.74) is 5.05. The molecular formula is C24H28N4O3. The molecule has 2 N–H and O–H groups in total. The first-order valence-electron chi connectivity index (χ1n) is 11.4. The highest BCUT2D eigenvalue weighted by atomic mass is 16.5. The van der Waals surface area contributed by atoms with Crippen molar-refractivity contribution in [2.24, 2.45) is 0 Å². The van der Waals surface area contributed by atoms with Crippen LogP contribution in [0.2, 0.25) is 0 Å². The van der Waals surface area contributed by atoms with Crippen LogP contribution < -0.4 is 5.32 Å². The molecule has 31 heavy (non-hydrogen) atoms. The number of carbonyl (C=O) groups excluding carboxylic acids is 1. The fraction of sp³-hybridized carbons (Fsp3) is 0.500. The number of phenolic OH excluding ortho intramolecular Hbond substituents is 1. The summed E-state index contributed by atoms with van der Waals surface area (Å²) in [6.45, 7) is 5.50. The molecule has 7 heteroatoms. The van der Waals surface area contributed by atoms with Crippen molar-refractivity contribution < 1.29 is 14.6 Å². The first-order chi connectivity index (χ1) is 15.1. The number of nitrogens with one attached hydrogen (secondary N) is 1. The number of carbonyl (C=O) groups is 1. The van der Waals surface area contributed by atoms with Gasteiger partial charge in [-0.15, -0.1) is 0 Å². The summed E-state index contributed by atoms with van der Waals surface area (Å²) in [6.07, 6.45) is 6.67. The van der Waals surface area contributed by atoms with Crippen molar-refractivity contribution in [3.63, 3.8) is 0 Å². The minimum absolute atomic E-state index is 0.00270. The Hall–Kier alpha value is -2.64. The second-order valence-corrected chi connectivity index (χ2v) is 9.21. The lowest BCUT2D eigenvalue weighted by molar-refractivity contribution is -0.128. The zero-order valence-corrected chi connectivity index (χ0v) is 17.6. The molecule has 2 saturated carbocycles. The van der Waals surface area contributed by atoms with Gasteiger partial charge in [0.1, 0.15) is 17.5 Å². The molecule has 1 aromatic carbocycles. The van der Waals surface area contributed by atoms with Crippen LogP contribution in [0.4, 0.5) is 0 Å². The molecule has 2 unspecified atom stereocenters. The smallest absolute Gasteiger partial charge is 0.246 e. The van der Waals surface area contributed by atoms with Crippen molar-refractivity contribution >= 4 is 5.91 Å². The van der Waals surface area contributed by atoms with Gasteiger partial charge in [0, 0.05) is 25.1 Å². The molecule has 2 aliphatic carbocycles. The van der Waals surface area contributed by atoms with Gasteiger partial charge >= 0.3 is 0 Å².